The number of rotatable bonds is 4. The van der Waals surface area contributed by atoms with Crippen LogP contribution in [0, 0.1) is 0 Å². The molecule has 2 aliphatic heterocycles. The summed E-state index contributed by atoms with van der Waals surface area (Å²) in [7, 11) is 1.73. The number of aldehydes is 1. The fourth-order valence-corrected chi connectivity index (χ4v) is 3.26. The standard InChI is InChI=1S/C18H20N4O2/c1-24-17-10-22(11-17)18-19-7-16(8-20-18)21-5-4-14-3-2-13(12-23)6-15(14)9-21/h2-3,6-8,12,17H,4-5,9-11H2,1H3. The molecule has 1 saturated heterocycles. The van der Waals surface area contributed by atoms with Crippen LogP contribution in [0.2, 0.25) is 0 Å². The third-order valence-corrected chi connectivity index (χ3v) is 4.83. The van der Waals surface area contributed by atoms with Gasteiger partial charge in [0.25, 0.3) is 0 Å². The summed E-state index contributed by atoms with van der Waals surface area (Å²) in [5.74, 6) is 0.757. The second-order valence-electron chi connectivity index (χ2n) is 6.32. The van der Waals surface area contributed by atoms with Crippen molar-refractivity contribution in [3.8, 4) is 0 Å². The number of carbonyl (C=O) groups is 1. The molecule has 6 nitrogen and oxygen atoms in total. The lowest BCUT2D eigenvalue weighted by molar-refractivity contribution is 0.0778. The minimum atomic E-state index is 0.291. The van der Waals surface area contributed by atoms with Crippen LogP contribution in [0.15, 0.2) is 30.6 Å². The first-order chi connectivity index (χ1) is 11.8. The van der Waals surface area contributed by atoms with E-state index in [1.807, 2.05) is 24.5 Å². The van der Waals surface area contributed by atoms with Crippen LogP contribution in [-0.4, -0.2) is 49.1 Å². The zero-order chi connectivity index (χ0) is 16.5. The highest BCUT2D eigenvalue weighted by Crippen LogP contribution is 2.25. The Morgan fingerprint density at radius 1 is 1.17 bits per heavy atom. The second-order valence-corrected chi connectivity index (χ2v) is 6.32. The SMILES string of the molecule is COC1CN(c2ncc(N3CCc4ccc(C=O)cc4C3)cn2)C1. The number of hydrogen-bond acceptors (Lipinski definition) is 6. The van der Waals surface area contributed by atoms with Gasteiger partial charge in [0.15, 0.2) is 0 Å². The van der Waals surface area contributed by atoms with Gasteiger partial charge in [0.05, 0.1) is 24.2 Å². The average Bonchev–Trinajstić information content (AvgIpc) is 2.60. The summed E-state index contributed by atoms with van der Waals surface area (Å²) >= 11 is 0. The van der Waals surface area contributed by atoms with Gasteiger partial charge in [-0.05, 0) is 23.6 Å². The summed E-state index contributed by atoms with van der Waals surface area (Å²) in [4.78, 5) is 24.3. The second kappa shape index (κ2) is 6.20. The molecule has 1 aromatic carbocycles. The summed E-state index contributed by atoms with van der Waals surface area (Å²) in [6.07, 6.45) is 5.93. The Hall–Kier alpha value is -2.47. The molecule has 1 fully saturated rings. The van der Waals surface area contributed by atoms with Crippen molar-refractivity contribution < 1.29 is 9.53 Å². The molecule has 0 atom stereocenters. The molecule has 0 saturated carbocycles. The van der Waals surface area contributed by atoms with E-state index in [1.165, 1.54) is 11.1 Å². The zero-order valence-corrected chi connectivity index (χ0v) is 13.7. The van der Waals surface area contributed by atoms with Crippen molar-refractivity contribution in [2.45, 2.75) is 19.1 Å². The number of aromatic nitrogens is 2. The summed E-state index contributed by atoms with van der Waals surface area (Å²) in [6, 6.07) is 5.93. The van der Waals surface area contributed by atoms with E-state index < -0.39 is 0 Å². The molecule has 0 aliphatic carbocycles. The van der Waals surface area contributed by atoms with Gasteiger partial charge >= 0.3 is 0 Å². The molecule has 1 aromatic heterocycles. The molecule has 3 heterocycles. The fourth-order valence-electron chi connectivity index (χ4n) is 3.26. The molecular formula is C18H20N4O2. The quantitative estimate of drug-likeness (QED) is 0.798. The van der Waals surface area contributed by atoms with E-state index in [0.717, 1.165) is 56.1 Å². The van der Waals surface area contributed by atoms with Crippen molar-refractivity contribution in [2.24, 2.45) is 0 Å². The molecule has 2 aliphatic rings. The maximum Gasteiger partial charge on any atom is 0.225 e. The van der Waals surface area contributed by atoms with Crippen LogP contribution in [0.25, 0.3) is 0 Å². The van der Waals surface area contributed by atoms with E-state index in [1.54, 1.807) is 7.11 Å². The lowest BCUT2D eigenvalue weighted by atomic mass is 9.97. The first kappa shape index (κ1) is 15.1. The van der Waals surface area contributed by atoms with Gasteiger partial charge in [0.1, 0.15) is 6.29 Å². The Bertz CT molecular complexity index is 741. The Balaban J connectivity index is 1.47. The summed E-state index contributed by atoms with van der Waals surface area (Å²) < 4.78 is 5.28. The molecule has 0 unspecified atom stereocenters. The number of benzene rings is 1. The highest BCUT2D eigenvalue weighted by atomic mass is 16.5. The van der Waals surface area contributed by atoms with Crippen LogP contribution in [-0.2, 0) is 17.7 Å². The van der Waals surface area contributed by atoms with Gasteiger partial charge in [0, 0.05) is 38.9 Å². The molecule has 2 aromatic rings. The summed E-state index contributed by atoms with van der Waals surface area (Å²) in [5.41, 5.74) is 4.28. The largest absolute Gasteiger partial charge is 0.378 e. The van der Waals surface area contributed by atoms with E-state index in [0.29, 0.717) is 6.10 Å². The Morgan fingerprint density at radius 2 is 1.96 bits per heavy atom. The third kappa shape index (κ3) is 2.73. The van der Waals surface area contributed by atoms with Gasteiger partial charge < -0.3 is 14.5 Å². The molecule has 0 amide bonds. The van der Waals surface area contributed by atoms with Crippen LogP contribution in [0.5, 0.6) is 0 Å². The molecule has 4 rings (SSSR count). The Labute approximate surface area is 141 Å². The van der Waals surface area contributed by atoms with Gasteiger partial charge in [-0.3, -0.25) is 4.79 Å². The molecule has 124 valence electrons. The van der Waals surface area contributed by atoms with E-state index in [-0.39, 0.29) is 0 Å². The van der Waals surface area contributed by atoms with Crippen molar-refractivity contribution in [2.75, 3.05) is 36.5 Å². The van der Waals surface area contributed by atoms with Crippen molar-refractivity contribution in [1.82, 2.24) is 9.97 Å². The normalized spacial score (nSPS) is 17.4. The van der Waals surface area contributed by atoms with E-state index >= 15 is 0 Å². The zero-order valence-electron chi connectivity index (χ0n) is 13.7. The van der Waals surface area contributed by atoms with Gasteiger partial charge in [-0.2, -0.15) is 0 Å². The summed E-state index contributed by atoms with van der Waals surface area (Å²) in [5, 5.41) is 0. The lowest BCUT2D eigenvalue weighted by Gasteiger charge is -2.38. The lowest BCUT2D eigenvalue weighted by Crippen LogP contribution is -2.52. The van der Waals surface area contributed by atoms with Gasteiger partial charge in [-0.1, -0.05) is 12.1 Å². The smallest absolute Gasteiger partial charge is 0.225 e. The predicted molar refractivity (Wildman–Crippen MR) is 91.6 cm³/mol. The van der Waals surface area contributed by atoms with Gasteiger partial charge in [-0.25, -0.2) is 9.97 Å². The van der Waals surface area contributed by atoms with Crippen molar-refractivity contribution in [3.05, 3.63) is 47.3 Å². The number of methoxy groups -OCH3 is 1. The molecular weight excluding hydrogens is 304 g/mol. The fraction of sp³-hybridized carbons (Fsp3) is 0.389. The van der Waals surface area contributed by atoms with E-state index in [4.69, 9.17) is 4.74 Å². The highest BCUT2D eigenvalue weighted by Gasteiger charge is 2.28. The number of anilines is 2. The monoisotopic (exact) mass is 324 g/mol. The maximum absolute atomic E-state index is 11.0. The Kier molecular flexibility index (Phi) is 3.90. The third-order valence-electron chi connectivity index (χ3n) is 4.83. The van der Waals surface area contributed by atoms with Crippen LogP contribution < -0.4 is 9.80 Å². The number of carbonyl (C=O) groups excluding carboxylic acids is 1. The molecule has 24 heavy (non-hydrogen) atoms. The van der Waals surface area contributed by atoms with Crippen LogP contribution >= 0.6 is 0 Å². The highest BCUT2D eigenvalue weighted by molar-refractivity contribution is 5.75. The van der Waals surface area contributed by atoms with Crippen molar-refractivity contribution >= 4 is 17.9 Å². The first-order valence-electron chi connectivity index (χ1n) is 8.18. The first-order valence-corrected chi connectivity index (χ1v) is 8.18. The molecule has 0 N–H and O–H groups in total. The Morgan fingerprint density at radius 3 is 2.67 bits per heavy atom. The van der Waals surface area contributed by atoms with E-state index in [9.17, 15) is 4.79 Å². The van der Waals surface area contributed by atoms with Crippen LogP contribution in [0.3, 0.4) is 0 Å². The van der Waals surface area contributed by atoms with Crippen molar-refractivity contribution in [1.29, 1.82) is 0 Å². The topological polar surface area (TPSA) is 58.6 Å². The number of hydrogen-bond donors (Lipinski definition) is 0. The molecule has 0 radical (unpaired) electrons. The van der Waals surface area contributed by atoms with E-state index in [2.05, 4.69) is 25.8 Å². The predicted octanol–water partition coefficient (Wildman–Crippen LogP) is 1.69. The number of fused-ring (bicyclic) bond motifs is 1. The summed E-state index contributed by atoms with van der Waals surface area (Å²) in [6.45, 7) is 3.42. The van der Waals surface area contributed by atoms with Gasteiger partial charge in [-0.15, -0.1) is 0 Å². The molecule has 0 bridgehead atoms. The van der Waals surface area contributed by atoms with Crippen molar-refractivity contribution in [3.63, 3.8) is 0 Å². The number of ether oxygens (including phenoxy) is 1. The minimum absolute atomic E-state index is 0.291. The molecule has 0 spiro atoms. The maximum atomic E-state index is 11.0. The van der Waals surface area contributed by atoms with Gasteiger partial charge in [0.2, 0.25) is 5.95 Å². The van der Waals surface area contributed by atoms with Crippen LogP contribution in [0.1, 0.15) is 21.5 Å². The van der Waals surface area contributed by atoms with Crippen LogP contribution in [0.4, 0.5) is 11.6 Å². The molecule has 6 heteroatoms. The number of nitrogens with zero attached hydrogens (tertiary/aromatic N) is 4. The average molecular weight is 324 g/mol. The minimum Gasteiger partial charge on any atom is -0.378 e.